The fraction of sp³-hybridized carbons (Fsp3) is 0. The van der Waals surface area contributed by atoms with Crippen LogP contribution in [0.4, 0.5) is 0 Å². The quantitative estimate of drug-likeness (QED) is 0.181. The van der Waals surface area contributed by atoms with Crippen LogP contribution in [0.2, 0.25) is 0 Å². The molecule has 0 fully saturated rings. The molecule has 11 aromatic rings. The van der Waals surface area contributed by atoms with Gasteiger partial charge in [0.25, 0.3) is 0 Å². The molecule has 0 atom stereocenters. The highest BCUT2D eigenvalue weighted by atomic mass is 15.0. The Labute approximate surface area is 312 Å². The Bertz CT molecular complexity index is 3150. The molecule has 0 unspecified atom stereocenters. The standard InChI is InChI=1S/C49H31N5.H/c1-4-16-32(17-5-1)47-50-48(33-18-6-2-7-19-33)52-49(51-47)39-28-29-44(36-23-11-10-22-35(36)39)54-43-27-15-13-25-38(43)41-30-40-37-24-12-14-26-42(37)53(45(40)31-46(41)54)34-20-8-3-9-21-34;/h1-31H;/q;-1. The van der Waals surface area contributed by atoms with E-state index >= 15 is 0 Å². The summed E-state index contributed by atoms with van der Waals surface area (Å²) >= 11 is 0. The van der Waals surface area contributed by atoms with E-state index in [1.54, 1.807) is 0 Å². The lowest BCUT2D eigenvalue weighted by atomic mass is 10.0. The Hall–Kier alpha value is -7.37. The summed E-state index contributed by atoms with van der Waals surface area (Å²) in [6.07, 6.45) is 0. The molecule has 5 nitrogen and oxygen atoms in total. The van der Waals surface area contributed by atoms with Gasteiger partial charge < -0.3 is 10.6 Å². The third kappa shape index (κ3) is 4.69. The van der Waals surface area contributed by atoms with Crippen LogP contribution in [0.5, 0.6) is 0 Å². The van der Waals surface area contributed by atoms with E-state index < -0.39 is 0 Å². The van der Waals surface area contributed by atoms with Crippen LogP contribution in [0.3, 0.4) is 0 Å². The minimum absolute atomic E-state index is 0. The first-order valence-electron chi connectivity index (χ1n) is 18.2. The number of hydrogen-bond acceptors (Lipinski definition) is 3. The lowest BCUT2D eigenvalue weighted by Gasteiger charge is -2.15. The summed E-state index contributed by atoms with van der Waals surface area (Å²) in [5.74, 6) is 1.93. The van der Waals surface area contributed by atoms with Crippen molar-refractivity contribution in [3.05, 3.63) is 188 Å². The number of para-hydroxylation sites is 3. The first-order valence-corrected chi connectivity index (χ1v) is 18.2. The Kier molecular flexibility index (Phi) is 6.79. The summed E-state index contributed by atoms with van der Waals surface area (Å²) in [5, 5.41) is 7.11. The van der Waals surface area contributed by atoms with Gasteiger partial charge >= 0.3 is 0 Å². The van der Waals surface area contributed by atoms with E-state index in [4.69, 9.17) is 15.0 Å². The van der Waals surface area contributed by atoms with E-state index in [9.17, 15) is 0 Å². The highest BCUT2D eigenvalue weighted by Gasteiger charge is 2.21. The van der Waals surface area contributed by atoms with Crippen LogP contribution < -0.4 is 0 Å². The molecule has 54 heavy (non-hydrogen) atoms. The number of hydrogen-bond donors (Lipinski definition) is 0. The minimum Gasteiger partial charge on any atom is -1.00 e. The molecule has 0 aliphatic carbocycles. The maximum Gasteiger partial charge on any atom is 0.164 e. The van der Waals surface area contributed by atoms with Crippen molar-refractivity contribution in [2.24, 2.45) is 0 Å². The van der Waals surface area contributed by atoms with Gasteiger partial charge in [-0.15, -0.1) is 0 Å². The van der Waals surface area contributed by atoms with Crippen LogP contribution in [0, 0.1) is 0 Å². The lowest BCUT2D eigenvalue weighted by molar-refractivity contribution is 1.08. The van der Waals surface area contributed by atoms with Gasteiger partial charge in [0.15, 0.2) is 17.5 Å². The average molecular weight is 691 g/mol. The van der Waals surface area contributed by atoms with Crippen LogP contribution >= 0.6 is 0 Å². The molecule has 8 aromatic carbocycles. The molecule has 0 bridgehead atoms. The van der Waals surface area contributed by atoms with Gasteiger partial charge in [-0.1, -0.05) is 140 Å². The van der Waals surface area contributed by atoms with Crippen LogP contribution in [-0.4, -0.2) is 24.1 Å². The van der Waals surface area contributed by atoms with Crippen molar-refractivity contribution in [1.82, 2.24) is 24.1 Å². The van der Waals surface area contributed by atoms with Crippen molar-refractivity contribution in [3.63, 3.8) is 0 Å². The number of fused-ring (bicyclic) bond motifs is 7. The molecule has 0 amide bonds. The van der Waals surface area contributed by atoms with Gasteiger partial charge in [-0.2, -0.15) is 0 Å². The molecular weight excluding hydrogens is 659 g/mol. The highest BCUT2D eigenvalue weighted by molar-refractivity contribution is 6.19. The third-order valence-electron chi connectivity index (χ3n) is 10.6. The maximum absolute atomic E-state index is 5.10. The van der Waals surface area contributed by atoms with Crippen molar-refractivity contribution in [1.29, 1.82) is 0 Å². The molecule has 0 aliphatic rings. The predicted octanol–water partition coefficient (Wildman–Crippen LogP) is 12.3. The van der Waals surface area contributed by atoms with E-state index in [1.165, 1.54) is 32.6 Å². The molecule has 3 aromatic heterocycles. The molecule has 0 saturated carbocycles. The predicted molar refractivity (Wildman–Crippen MR) is 223 cm³/mol. The Morgan fingerprint density at radius 3 is 1.39 bits per heavy atom. The monoisotopic (exact) mass is 690 g/mol. The summed E-state index contributed by atoms with van der Waals surface area (Å²) in [6.45, 7) is 0. The molecule has 0 radical (unpaired) electrons. The molecule has 11 rings (SSSR count). The van der Waals surface area contributed by atoms with Crippen molar-refractivity contribution >= 4 is 54.4 Å². The largest absolute Gasteiger partial charge is 1.00 e. The Morgan fingerprint density at radius 1 is 0.315 bits per heavy atom. The summed E-state index contributed by atoms with van der Waals surface area (Å²) < 4.78 is 4.82. The van der Waals surface area contributed by atoms with Gasteiger partial charge in [0.05, 0.1) is 27.8 Å². The molecule has 254 valence electrons. The summed E-state index contributed by atoms with van der Waals surface area (Å²) in [7, 11) is 0. The van der Waals surface area contributed by atoms with Crippen molar-refractivity contribution in [2.75, 3.05) is 0 Å². The second kappa shape index (κ2) is 12.1. The van der Waals surface area contributed by atoms with Gasteiger partial charge in [-0.3, -0.25) is 0 Å². The van der Waals surface area contributed by atoms with Gasteiger partial charge in [0.2, 0.25) is 0 Å². The van der Waals surface area contributed by atoms with E-state index in [1.807, 2.05) is 60.7 Å². The van der Waals surface area contributed by atoms with Crippen LogP contribution in [0.15, 0.2) is 188 Å². The molecular formula is C49H32N5-. The normalized spacial score (nSPS) is 11.7. The zero-order chi connectivity index (χ0) is 35.6. The zero-order valence-electron chi connectivity index (χ0n) is 30.1. The Morgan fingerprint density at radius 2 is 0.778 bits per heavy atom. The molecule has 5 heteroatoms. The van der Waals surface area contributed by atoms with Crippen LogP contribution in [-0.2, 0) is 0 Å². The van der Waals surface area contributed by atoms with Gasteiger partial charge in [0.1, 0.15) is 0 Å². The molecule has 0 aliphatic heterocycles. The topological polar surface area (TPSA) is 48.5 Å². The fourth-order valence-corrected chi connectivity index (χ4v) is 8.15. The third-order valence-corrected chi connectivity index (χ3v) is 10.6. The zero-order valence-corrected chi connectivity index (χ0v) is 29.1. The molecule has 0 spiro atoms. The lowest BCUT2D eigenvalue weighted by Crippen LogP contribution is -2.01. The van der Waals surface area contributed by atoms with Crippen LogP contribution in [0.25, 0.3) is 99.9 Å². The maximum atomic E-state index is 5.10. The second-order valence-electron chi connectivity index (χ2n) is 13.6. The molecule has 3 heterocycles. The average Bonchev–Trinajstić information content (AvgIpc) is 3.75. The number of benzene rings is 8. The van der Waals surface area contributed by atoms with Crippen molar-refractivity contribution in [2.45, 2.75) is 0 Å². The SMILES string of the molecule is [H-].c1ccc(-c2nc(-c3ccccc3)nc(-c3ccc(-n4c5ccccc5c5cc6c7ccccc7n(-c7ccccc7)c6cc54)c4ccccc34)n2)cc1. The summed E-state index contributed by atoms with van der Waals surface area (Å²) in [4.78, 5) is 15.2. The van der Waals surface area contributed by atoms with Crippen molar-refractivity contribution < 1.29 is 1.43 Å². The minimum atomic E-state index is 0. The first-order chi connectivity index (χ1) is 26.8. The van der Waals surface area contributed by atoms with Crippen LogP contribution in [0.1, 0.15) is 1.43 Å². The summed E-state index contributed by atoms with van der Waals surface area (Å²) in [5.41, 5.74) is 9.77. The summed E-state index contributed by atoms with van der Waals surface area (Å²) in [6, 6.07) is 66.2. The van der Waals surface area contributed by atoms with E-state index in [-0.39, 0.29) is 1.43 Å². The molecule has 0 saturated heterocycles. The first kappa shape index (κ1) is 30.3. The Balaban J connectivity index is 0.00000372. The van der Waals surface area contributed by atoms with Gasteiger partial charge in [-0.25, -0.2) is 15.0 Å². The van der Waals surface area contributed by atoms with Gasteiger partial charge in [-0.05, 0) is 53.9 Å². The van der Waals surface area contributed by atoms with E-state index in [0.29, 0.717) is 17.5 Å². The molecule has 0 N–H and O–H groups in total. The van der Waals surface area contributed by atoms with Gasteiger partial charge in [0, 0.05) is 49.3 Å². The van der Waals surface area contributed by atoms with E-state index in [2.05, 4.69) is 137 Å². The number of aromatic nitrogens is 5. The number of rotatable bonds is 5. The van der Waals surface area contributed by atoms with E-state index in [0.717, 1.165) is 49.9 Å². The smallest absolute Gasteiger partial charge is 0.164 e. The fourth-order valence-electron chi connectivity index (χ4n) is 8.15. The highest BCUT2D eigenvalue weighted by Crippen LogP contribution is 2.41. The second-order valence-corrected chi connectivity index (χ2v) is 13.6. The number of nitrogens with zero attached hydrogens (tertiary/aromatic N) is 5. The van der Waals surface area contributed by atoms with Crippen molar-refractivity contribution in [3.8, 4) is 45.5 Å².